The smallest absolute Gasteiger partial charge is 0.00327 e. The molecule has 0 aliphatic carbocycles. The highest BCUT2D eigenvalue weighted by Gasteiger charge is 2.06. The average molecular weight is 228 g/mol. The lowest BCUT2D eigenvalue weighted by molar-refractivity contribution is 1.30. The van der Waals surface area contributed by atoms with E-state index in [2.05, 4.69) is 68.2 Å². The minimum Gasteiger partial charge on any atom is -0.0740 e. The van der Waals surface area contributed by atoms with E-state index in [1.54, 1.807) is 0 Å². The summed E-state index contributed by atoms with van der Waals surface area (Å²) >= 11 is 0. The van der Waals surface area contributed by atoms with Gasteiger partial charge in [0.1, 0.15) is 0 Å². The van der Waals surface area contributed by atoms with E-state index in [0.717, 1.165) is 0 Å². The monoisotopic (exact) mass is 228 g/mol. The van der Waals surface area contributed by atoms with Crippen molar-refractivity contribution in [1.82, 2.24) is 0 Å². The summed E-state index contributed by atoms with van der Waals surface area (Å²) in [5.41, 5.74) is 2.90. The van der Waals surface area contributed by atoms with Gasteiger partial charge in [0.25, 0.3) is 0 Å². The van der Waals surface area contributed by atoms with Crippen LogP contribution in [0.3, 0.4) is 0 Å². The first-order valence-corrected chi connectivity index (χ1v) is 7.55. The molecule has 1 atom stereocenters. The minimum atomic E-state index is -0.0682. The SMILES string of the molecule is Cc1ccccc1CP(C)c1ccccc1. The summed E-state index contributed by atoms with van der Waals surface area (Å²) < 4.78 is 0. The van der Waals surface area contributed by atoms with Crippen LogP contribution >= 0.6 is 7.92 Å². The Bertz CT molecular complexity index is 448. The van der Waals surface area contributed by atoms with E-state index in [1.807, 2.05) is 0 Å². The van der Waals surface area contributed by atoms with Gasteiger partial charge < -0.3 is 0 Å². The molecule has 0 fully saturated rings. The van der Waals surface area contributed by atoms with Gasteiger partial charge in [0, 0.05) is 0 Å². The number of hydrogen-bond acceptors (Lipinski definition) is 0. The highest BCUT2D eigenvalue weighted by Crippen LogP contribution is 2.34. The van der Waals surface area contributed by atoms with Crippen LogP contribution < -0.4 is 5.30 Å². The van der Waals surface area contributed by atoms with Gasteiger partial charge in [0.15, 0.2) is 0 Å². The first-order valence-electron chi connectivity index (χ1n) is 5.58. The van der Waals surface area contributed by atoms with Gasteiger partial charge in [0.2, 0.25) is 0 Å². The van der Waals surface area contributed by atoms with Crippen molar-refractivity contribution in [2.24, 2.45) is 0 Å². The molecule has 16 heavy (non-hydrogen) atoms. The Balaban J connectivity index is 2.14. The van der Waals surface area contributed by atoms with Crippen molar-refractivity contribution in [3.8, 4) is 0 Å². The van der Waals surface area contributed by atoms with Crippen LogP contribution in [0.25, 0.3) is 0 Å². The van der Waals surface area contributed by atoms with Gasteiger partial charge in [-0.3, -0.25) is 0 Å². The maximum absolute atomic E-state index is 2.36. The lowest BCUT2D eigenvalue weighted by atomic mass is 10.1. The molecular formula is C15H17P. The quantitative estimate of drug-likeness (QED) is 0.698. The molecular weight excluding hydrogens is 211 g/mol. The summed E-state index contributed by atoms with van der Waals surface area (Å²) in [6.45, 7) is 4.56. The molecule has 0 saturated heterocycles. The second-order valence-corrected chi connectivity index (χ2v) is 6.35. The van der Waals surface area contributed by atoms with Gasteiger partial charge >= 0.3 is 0 Å². The standard InChI is InChI=1S/C15H17P/c1-13-8-6-7-9-14(13)12-16(2)15-10-4-3-5-11-15/h3-11H,12H2,1-2H3. The molecule has 0 aliphatic heterocycles. The van der Waals surface area contributed by atoms with E-state index in [-0.39, 0.29) is 7.92 Å². The molecule has 0 spiro atoms. The Kier molecular flexibility index (Phi) is 3.74. The topological polar surface area (TPSA) is 0 Å². The minimum absolute atomic E-state index is 0.0682. The summed E-state index contributed by atoms with van der Waals surface area (Å²) in [6.07, 6.45) is 1.19. The molecule has 2 rings (SSSR count). The third-order valence-corrected chi connectivity index (χ3v) is 4.86. The van der Waals surface area contributed by atoms with Crippen molar-refractivity contribution in [2.45, 2.75) is 13.1 Å². The molecule has 1 heteroatoms. The molecule has 0 aliphatic rings. The Hall–Kier alpha value is -1.13. The van der Waals surface area contributed by atoms with Crippen molar-refractivity contribution >= 4 is 13.2 Å². The fraction of sp³-hybridized carbons (Fsp3) is 0.200. The first kappa shape index (κ1) is 11.4. The Morgan fingerprint density at radius 3 is 2.19 bits per heavy atom. The molecule has 0 amide bonds. The number of rotatable bonds is 3. The van der Waals surface area contributed by atoms with Gasteiger partial charge in [-0.05, 0) is 36.2 Å². The summed E-state index contributed by atoms with van der Waals surface area (Å²) in [5.74, 6) is 0. The molecule has 0 nitrogen and oxygen atoms in total. The van der Waals surface area contributed by atoms with Crippen LogP contribution in [0.5, 0.6) is 0 Å². The van der Waals surface area contributed by atoms with Gasteiger partial charge in [-0.25, -0.2) is 0 Å². The first-order chi connectivity index (χ1) is 7.77. The van der Waals surface area contributed by atoms with E-state index >= 15 is 0 Å². The zero-order valence-corrected chi connectivity index (χ0v) is 10.7. The summed E-state index contributed by atoms with van der Waals surface area (Å²) in [4.78, 5) is 0. The van der Waals surface area contributed by atoms with Crippen LogP contribution in [-0.4, -0.2) is 6.66 Å². The summed E-state index contributed by atoms with van der Waals surface area (Å²) in [7, 11) is -0.0682. The fourth-order valence-corrected chi connectivity index (χ4v) is 3.55. The molecule has 0 aromatic heterocycles. The van der Waals surface area contributed by atoms with E-state index < -0.39 is 0 Å². The second-order valence-electron chi connectivity index (χ2n) is 4.12. The van der Waals surface area contributed by atoms with Crippen LogP contribution in [0.15, 0.2) is 54.6 Å². The van der Waals surface area contributed by atoms with Crippen LogP contribution in [-0.2, 0) is 6.16 Å². The summed E-state index contributed by atoms with van der Waals surface area (Å²) in [6, 6.07) is 19.5. The molecule has 0 bridgehead atoms. The normalized spacial score (nSPS) is 12.4. The lowest BCUT2D eigenvalue weighted by Gasteiger charge is -2.14. The van der Waals surface area contributed by atoms with Crippen molar-refractivity contribution < 1.29 is 0 Å². The largest absolute Gasteiger partial charge is 0.0740 e. The van der Waals surface area contributed by atoms with E-state index in [4.69, 9.17) is 0 Å². The van der Waals surface area contributed by atoms with Gasteiger partial charge in [0.05, 0.1) is 0 Å². The summed E-state index contributed by atoms with van der Waals surface area (Å²) in [5, 5.41) is 1.49. The molecule has 2 aromatic rings. The van der Waals surface area contributed by atoms with E-state index in [0.29, 0.717) is 0 Å². The van der Waals surface area contributed by atoms with Crippen LogP contribution in [0, 0.1) is 6.92 Å². The van der Waals surface area contributed by atoms with Crippen molar-refractivity contribution in [3.05, 3.63) is 65.7 Å². The predicted molar refractivity (Wildman–Crippen MR) is 73.8 cm³/mol. The fourth-order valence-electron chi connectivity index (χ4n) is 1.82. The highest BCUT2D eigenvalue weighted by atomic mass is 31.1. The number of hydrogen-bond donors (Lipinski definition) is 0. The van der Waals surface area contributed by atoms with Crippen molar-refractivity contribution in [2.75, 3.05) is 6.66 Å². The molecule has 0 heterocycles. The van der Waals surface area contributed by atoms with Gasteiger partial charge in [-0.1, -0.05) is 62.5 Å². The molecule has 0 saturated carbocycles. The molecule has 1 unspecified atom stereocenters. The second kappa shape index (κ2) is 5.27. The van der Waals surface area contributed by atoms with Crippen molar-refractivity contribution in [1.29, 1.82) is 0 Å². The maximum Gasteiger partial charge on any atom is -0.00327 e. The maximum atomic E-state index is 2.36. The Labute approximate surface area is 99.1 Å². The molecule has 0 radical (unpaired) electrons. The number of aryl methyl sites for hydroxylation is 1. The number of benzene rings is 2. The van der Waals surface area contributed by atoms with Crippen LogP contribution in [0.2, 0.25) is 0 Å². The highest BCUT2D eigenvalue weighted by molar-refractivity contribution is 7.64. The molecule has 2 aromatic carbocycles. The third kappa shape index (κ3) is 2.71. The van der Waals surface area contributed by atoms with E-state index in [9.17, 15) is 0 Å². The van der Waals surface area contributed by atoms with Crippen LogP contribution in [0.4, 0.5) is 0 Å². The molecule has 0 N–H and O–H groups in total. The van der Waals surface area contributed by atoms with Crippen molar-refractivity contribution in [3.63, 3.8) is 0 Å². The third-order valence-electron chi connectivity index (χ3n) is 2.87. The van der Waals surface area contributed by atoms with E-state index in [1.165, 1.54) is 22.6 Å². The zero-order valence-electron chi connectivity index (χ0n) is 9.85. The predicted octanol–water partition coefficient (Wildman–Crippen LogP) is 3.93. The lowest BCUT2D eigenvalue weighted by Crippen LogP contribution is -2.01. The average Bonchev–Trinajstić information content (AvgIpc) is 2.33. The Morgan fingerprint density at radius 1 is 0.875 bits per heavy atom. The van der Waals surface area contributed by atoms with Gasteiger partial charge in [-0.15, -0.1) is 0 Å². The Morgan fingerprint density at radius 2 is 1.50 bits per heavy atom. The zero-order chi connectivity index (χ0) is 11.4. The van der Waals surface area contributed by atoms with Crippen LogP contribution in [0.1, 0.15) is 11.1 Å². The molecule has 82 valence electrons. The van der Waals surface area contributed by atoms with Gasteiger partial charge in [-0.2, -0.15) is 0 Å².